The Labute approximate surface area is 240 Å². The normalized spacial score (nSPS) is 18.1. The zero-order chi connectivity index (χ0) is 28.8. The number of hydrogen-bond donors (Lipinski definition) is 0. The molecule has 0 saturated heterocycles. The maximum atomic E-state index is 12.9. The number of methoxy groups -OCH3 is 1. The van der Waals surface area contributed by atoms with E-state index < -0.39 is 5.41 Å². The summed E-state index contributed by atoms with van der Waals surface area (Å²) in [4.78, 5) is 17.7. The van der Waals surface area contributed by atoms with E-state index in [-0.39, 0.29) is 17.4 Å². The molecular weight excluding hydrogens is 494 g/mol. The van der Waals surface area contributed by atoms with Gasteiger partial charge in [-0.2, -0.15) is 0 Å². The molecule has 0 radical (unpaired) electrons. The van der Waals surface area contributed by atoms with Gasteiger partial charge in [-0.05, 0) is 73.8 Å². The molecule has 4 heteroatoms. The van der Waals surface area contributed by atoms with Crippen molar-refractivity contribution >= 4 is 11.9 Å². The van der Waals surface area contributed by atoms with Crippen LogP contribution < -0.4 is 0 Å². The van der Waals surface area contributed by atoms with Crippen molar-refractivity contribution in [2.75, 3.05) is 13.7 Å². The van der Waals surface area contributed by atoms with E-state index in [0.29, 0.717) is 30.8 Å². The minimum atomic E-state index is -0.404. The molecule has 0 saturated carbocycles. The quantitative estimate of drug-likeness (QED) is 0.217. The lowest BCUT2D eigenvalue weighted by atomic mass is 9.63. The van der Waals surface area contributed by atoms with Crippen LogP contribution >= 0.6 is 0 Å². The Kier molecular flexibility index (Phi) is 9.50. The summed E-state index contributed by atoms with van der Waals surface area (Å²) >= 11 is 0. The summed E-state index contributed by atoms with van der Waals surface area (Å²) < 4.78 is 11.2. The number of ether oxygens (including phenoxy) is 2. The highest BCUT2D eigenvalue weighted by Gasteiger charge is 2.40. The first kappa shape index (κ1) is 29.6. The lowest BCUT2D eigenvalue weighted by Crippen LogP contribution is -2.35. The predicted octanol–water partition coefficient (Wildman–Crippen LogP) is 8.34. The first-order chi connectivity index (χ1) is 19.2. The number of nitrogens with zero attached hydrogens (tertiary/aromatic N) is 1. The average Bonchev–Trinajstić information content (AvgIpc) is 3.36. The van der Waals surface area contributed by atoms with Crippen molar-refractivity contribution in [1.29, 1.82) is 0 Å². The van der Waals surface area contributed by atoms with Gasteiger partial charge in [0.2, 0.25) is 5.90 Å². The number of hydrogen-bond acceptors (Lipinski definition) is 4. The fourth-order valence-corrected chi connectivity index (χ4v) is 6.09. The van der Waals surface area contributed by atoms with E-state index in [2.05, 4.69) is 113 Å². The van der Waals surface area contributed by atoms with Crippen LogP contribution in [-0.2, 0) is 19.7 Å². The molecule has 0 aromatic heterocycles. The van der Waals surface area contributed by atoms with Crippen molar-refractivity contribution in [2.45, 2.75) is 77.2 Å². The van der Waals surface area contributed by atoms with Crippen LogP contribution in [-0.4, -0.2) is 31.1 Å². The van der Waals surface area contributed by atoms with Gasteiger partial charge in [0.1, 0.15) is 6.61 Å². The molecule has 212 valence electrons. The number of aliphatic imine (C=N–C) groups is 1. The highest BCUT2D eigenvalue weighted by molar-refractivity contribution is 5.95. The first-order valence-corrected chi connectivity index (χ1v) is 14.7. The van der Waals surface area contributed by atoms with Crippen LogP contribution in [0.3, 0.4) is 0 Å². The smallest absolute Gasteiger partial charge is 0.308 e. The van der Waals surface area contributed by atoms with Crippen molar-refractivity contribution in [3.63, 3.8) is 0 Å². The van der Waals surface area contributed by atoms with Gasteiger partial charge in [-0.15, -0.1) is 0 Å². The molecule has 3 aromatic rings. The second-order valence-corrected chi connectivity index (χ2v) is 12.2. The summed E-state index contributed by atoms with van der Waals surface area (Å²) in [5.74, 6) is 1.16. The van der Waals surface area contributed by atoms with E-state index in [1.165, 1.54) is 23.8 Å². The molecule has 0 amide bonds. The first-order valence-electron chi connectivity index (χ1n) is 14.7. The van der Waals surface area contributed by atoms with E-state index in [0.717, 1.165) is 24.8 Å². The van der Waals surface area contributed by atoms with Crippen LogP contribution in [0.2, 0.25) is 0 Å². The molecule has 40 heavy (non-hydrogen) atoms. The van der Waals surface area contributed by atoms with Crippen LogP contribution in [0.25, 0.3) is 0 Å². The van der Waals surface area contributed by atoms with Crippen molar-refractivity contribution in [3.05, 3.63) is 107 Å². The maximum Gasteiger partial charge on any atom is 0.308 e. The molecule has 4 nitrogen and oxygen atoms in total. The molecule has 0 aliphatic carbocycles. The van der Waals surface area contributed by atoms with Gasteiger partial charge in [-0.25, -0.2) is 4.99 Å². The van der Waals surface area contributed by atoms with Gasteiger partial charge < -0.3 is 9.47 Å². The van der Waals surface area contributed by atoms with Crippen molar-refractivity contribution < 1.29 is 14.3 Å². The number of rotatable bonds is 12. The van der Waals surface area contributed by atoms with Crippen LogP contribution in [0.15, 0.2) is 89.9 Å². The van der Waals surface area contributed by atoms with Crippen LogP contribution in [0.4, 0.5) is 0 Å². The number of benzene rings is 3. The van der Waals surface area contributed by atoms with Gasteiger partial charge in [0.15, 0.2) is 0 Å². The molecule has 4 unspecified atom stereocenters. The average molecular weight is 540 g/mol. The molecule has 0 spiro atoms. The molecule has 1 aliphatic rings. The van der Waals surface area contributed by atoms with E-state index in [9.17, 15) is 4.79 Å². The lowest BCUT2D eigenvalue weighted by molar-refractivity contribution is -0.145. The SMILES string of the molecule is CCC(C)CC(CC(CC(C)C(=O)OC)(c1ccccc1)c1ccc(C2=NC(C)(C)CO2)cc1)c1ccccc1. The fraction of sp³-hybridized carbons (Fsp3) is 0.444. The van der Waals surface area contributed by atoms with Crippen molar-refractivity contribution in [2.24, 2.45) is 16.8 Å². The highest BCUT2D eigenvalue weighted by atomic mass is 16.5. The van der Waals surface area contributed by atoms with Gasteiger partial charge in [-0.1, -0.05) is 100.0 Å². The summed E-state index contributed by atoms with van der Waals surface area (Å²) in [7, 11) is 1.48. The topological polar surface area (TPSA) is 47.9 Å². The Balaban J connectivity index is 1.86. The minimum Gasteiger partial charge on any atom is -0.475 e. The molecule has 3 aromatic carbocycles. The van der Waals surface area contributed by atoms with Crippen LogP contribution in [0.1, 0.15) is 88.5 Å². The van der Waals surface area contributed by atoms with E-state index >= 15 is 0 Å². The van der Waals surface area contributed by atoms with Gasteiger partial charge in [0.05, 0.1) is 18.6 Å². The summed E-state index contributed by atoms with van der Waals surface area (Å²) in [6, 6.07) is 30.3. The third-order valence-electron chi connectivity index (χ3n) is 8.48. The second kappa shape index (κ2) is 12.8. The molecule has 4 atom stereocenters. The van der Waals surface area contributed by atoms with E-state index in [1.807, 2.05) is 6.92 Å². The Hall–Kier alpha value is -3.40. The Morgan fingerprint density at radius 3 is 2.08 bits per heavy atom. The predicted molar refractivity (Wildman–Crippen MR) is 164 cm³/mol. The lowest BCUT2D eigenvalue weighted by Gasteiger charge is -2.40. The zero-order valence-corrected chi connectivity index (χ0v) is 25.0. The summed E-state index contributed by atoms with van der Waals surface area (Å²) in [5, 5.41) is 0. The molecule has 0 N–H and O–H groups in total. The number of esters is 1. The standard InChI is InChI=1S/C36H45NO3/c1-7-26(2)22-30(28-14-10-8-11-15-28)24-36(23-27(3)34(38)39-6,31-16-12-9-13-17-31)32-20-18-29(19-21-32)33-37-35(4,5)25-40-33/h8-21,26-27,30H,7,22-25H2,1-6H3. The molecule has 0 bridgehead atoms. The Bertz CT molecular complexity index is 1270. The van der Waals surface area contributed by atoms with Gasteiger partial charge in [-0.3, -0.25) is 4.79 Å². The summed E-state index contributed by atoms with van der Waals surface area (Å²) in [6.45, 7) is 11.4. The zero-order valence-electron chi connectivity index (χ0n) is 25.0. The summed E-state index contributed by atoms with van der Waals surface area (Å²) in [5.41, 5.74) is 4.13. The largest absolute Gasteiger partial charge is 0.475 e. The van der Waals surface area contributed by atoms with E-state index in [4.69, 9.17) is 14.5 Å². The van der Waals surface area contributed by atoms with Crippen molar-refractivity contribution in [1.82, 2.24) is 0 Å². The third-order valence-corrected chi connectivity index (χ3v) is 8.48. The second-order valence-electron chi connectivity index (χ2n) is 12.2. The van der Waals surface area contributed by atoms with Crippen molar-refractivity contribution in [3.8, 4) is 0 Å². The Morgan fingerprint density at radius 1 is 0.925 bits per heavy atom. The Morgan fingerprint density at radius 2 is 1.52 bits per heavy atom. The molecule has 4 rings (SSSR count). The molecule has 1 aliphatic heterocycles. The molecule has 0 fully saturated rings. The fourth-order valence-electron chi connectivity index (χ4n) is 6.09. The van der Waals surface area contributed by atoms with Crippen LogP contribution in [0.5, 0.6) is 0 Å². The van der Waals surface area contributed by atoms with Gasteiger partial charge in [0.25, 0.3) is 0 Å². The molecule has 1 heterocycles. The molecular formula is C36H45NO3. The van der Waals surface area contributed by atoms with Gasteiger partial charge >= 0.3 is 5.97 Å². The summed E-state index contributed by atoms with van der Waals surface area (Å²) in [6.07, 6.45) is 3.75. The minimum absolute atomic E-state index is 0.175. The van der Waals surface area contributed by atoms with Gasteiger partial charge in [0, 0.05) is 11.0 Å². The van der Waals surface area contributed by atoms with Crippen LogP contribution in [0, 0.1) is 11.8 Å². The number of carbonyl (C=O) groups excluding carboxylic acids is 1. The van der Waals surface area contributed by atoms with E-state index in [1.54, 1.807) is 0 Å². The maximum absolute atomic E-state index is 12.9. The highest BCUT2D eigenvalue weighted by Crippen LogP contribution is 2.47. The number of carbonyl (C=O) groups is 1. The monoisotopic (exact) mass is 539 g/mol. The third kappa shape index (κ3) is 6.83.